The third-order valence-electron chi connectivity index (χ3n) is 3.24. The van der Waals surface area contributed by atoms with Crippen LogP contribution in [0.3, 0.4) is 0 Å². The van der Waals surface area contributed by atoms with Crippen LogP contribution in [-0.2, 0) is 10.2 Å². The quantitative estimate of drug-likeness (QED) is 0.847. The van der Waals surface area contributed by atoms with Crippen molar-refractivity contribution in [1.82, 2.24) is 0 Å². The molecule has 1 aliphatic rings. The summed E-state index contributed by atoms with van der Waals surface area (Å²) in [5.74, 6) is 0.772. The Bertz CT molecular complexity index is 419. The Morgan fingerprint density at radius 1 is 1.50 bits per heavy atom. The summed E-state index contributed by atoms with van der Waals surface area (Å²) >= 11 is 0. The van der Waals surface area contributed by atoms with Crippen molar-refractivity contribution in [2.24, 2.45) is 0 Å². The lowest BCUT2D eigenvalue weighted by Gasteiger charge is -2.13. The van der Waals surface area contributed by atoms with E-state index in [9.17, 15) is 9.90 Å². The lowest BCUT2D eigenvalue weighted by atomic mass is 9.92. The Hall–Kier alpha value is -1.51. The van der Waals surface area contributed by atoms with Crippen LogP contribution in [-0.4, -0.2) is 17.5 Å². The molecule has 0 saturated heterocycles. The van der Waals surface area contributed by atoms with Gasteiger partial charge in [0.15, 0.2) is 11.5 Å². The minimum absolute atomic E-state index is 0.117. The molecule has 1 N–H and O–H groups in total. The van der Waals surface area contributed by atoms with Crippen LogP contribution in [0.1, 0.15) is 32.3 Å². The lowest BCUT2D eigenvalue weighted by molar-refractivity contribution is -0.119. The average Bonchev–Trinajstić information content (AvgIpc) is 3.02. The number of carbonyl (C=O) groups excluding carboxylic acids is 1. The highest BCUT2D eigenvalue weighted by molar-refractivity contribution is 5.91. The van der Waals surface area contributed by atoms with Gasteiger partial charge >= 0.3 is 0 Å². The minimum atomic E-state index is -0.331. The first kappa shape index (κ1) is 11.0. The molecule has 1 aliphatic carbocycles. The molecule has 1 fully saturated rings. The van der Waals surface area contributed by atoms with E-state index in [0.29, 0.717) is 12.4 Å². The zero-order chi connectivity index (χ0) is 11.8. The number of phenolic OH excluding ortho intramolecular Hbond substituents is 1. The lowest BCUT2D eigenvalue weighted by Crippen LogP contribution is -2.16. The van der Waals surface area contributed by atoms with Crippen LogP contribution in [0.25, 0.3) is 0 Å². The van der Waals surface area contributed by atoms with Gasteiger partial charge in [-0.05, 0) is 44.4 Å². The van der Waals surface area contributed by atoms with Crippen LogP contribution < -0.4 is 4.74 Å². The van der Waals surface area contributed by atoms with Gasteiger partial charge in [0.05, 0.1) is 12.0 Å². The third kappa shape index (κ3) is 1.66. The van der Waals surface area contributed by atoms with Gasteiger partial charge in [0.1, 0.15) is 5.78 Å². The van der Waals surface area contributed by atoms with Crippen molar-refractivity contribution in [1.29, 1.82) is 0 Å². The molecule has 3 heteroatoms. The monoisotopic (exact) mass is 220 g/mol. The van der Waals surface area contributed by atoms with E-state index in [2.05, 4.69) is 0 Å². The van der Waals surface area contributed by atoms with E-state index in [1.54, 1.807) is 19.1 Å². The van der Waals surface area contributed by atoms with E-state index in [0.717, 1.165) is 18.4 Å². The molecule has 0 aliphatic heterocycles. The average molecular weight is 220 g/mol. The highest BCUT2D eigenvalue weighted by Gasteiger charge is 2.48. The van der Waals surface area contributed by atoms with Gasteiger partial charge in [-0.15, -0.1) is 0 Å². The summed E-state index contributed by atoms with van der Waals surface area (Å²) in [6, 6.07) is 5.26. The number of ether oxygens (including phenoxy) is 1. The second-order valence-electron chi connectivity index (χ2n) is 4.25. The Morgan fingerprint density at radius 3 is 2.62 bits per heavy atom. The van der Waals surface area contributed by atoms with Crippen molar-refractivity contribution in [3.63, 3.8) is 0 Å². The molecular formula is C13H16O3. The second-order valence-corrected chi connectivity index (χ2v) is 4.25. The molecule has 1 saturated carbocycles. The maximum Gasteiger partial charge on any atom is 0.160 e. The molecular weight excluding hydrogens is 204 g/mol. The fourth-order valence-corrected chi connectivity index (χ4v) is 2.06. The topological polar surface area (TPSA) is 46.5 Å². The summed E-state index contributed by atoms with van der Waals surface area (Å²) in [4.78, 5) is 11.5. The first-order valence-corrected chi connectivity index (χ1v) is 5.57. The number of hydrogen-bond donors (Lipinski definition) is 1. The summed E-state index contributed by atoms with van der Waals surface area (Å²) in [5.41, 5.74) is 0.573. The van der Waals surface area contributed by atoms with Gasteiger partial charge in [-0.1, -0.05) is 6.07 Å². The molecule has 3 nitrogen and oxygen atoms in total. The molecule has 0 unspecified atom stereocenters. The Balaban J connectivity index is 2.31. The highest BCUT2D eigenvalue weighted by atomic mass is 16.5. The van der Waals surface area contributed by atoms with E-state index < -0.39 is 0 Å². The van der Waals surface area contributed by atoms with Crippen LogP contribution in [0, 0.1) is 0 Å². The molecule has 1 aromatic carbocycles. The van der Waals surface area contributed by atoms with Gasteiger partial charge in [0, 0.05) is 0 Å². The van der Waals surface area contributed by atoms with Crippen molar-refractivity contribution in [3.8, 4) is 11.5 Å². The summed E-state index contributed by atoms with van der Waals surface area (Å²) < 4.78 is 5.25. The van der Waals surface area contributed by atoms with Crippen LogP contribution in [0.4, 0.5) is 0 Å². The van der Waals surface area contributed by atoms with Crippen molar-refractivity contribution < 1.29 is 14.6 Å². The van der Waals surface area contributed by atoms with Gasteiger partial charge in [0.2, 0.25) is 0 Å². The van der Waals surface area contributed by atoms with Crippen LogP contribution >= 0.6 is 0 Å². The number of phenols is 1. The molecule has 0 bridgehead atoms. The summed E-state index contributed by atoms with van der Waals surface area (Å²) in [7, 11) is 0. The van der Waals surface area contributed by atoms with Crippen LogP contribution in [0.15, 0.2) is 18.2 Å². The maximum absolute atomic E-state index is 11.5. The Labute approximate surface area is 95.0 Å². The standard InChI is InChI=1S/C13H16O3/c1-3-16-12-5-4-10(8-11(12)15)13(6-7-13)9(2)14/h4-5,8,15H,3,6-7H2,1-2H3. The molecule has 0 atom stereocenters. The van der Waals surface area contributed by atoms with Crippen molar-refractivity contribution in [2.75, 3.05) is 6.61 Å². The predicted molar refractivity (Wildman–Crippen MR) is 60.9 cm³/mol. The second kappa shape index (κ2) is 3.81. The number of carbonyl (C=O) groups is 1. The fourth-order valence-electron chi connectivity index (χ4n) is 2.06. The van der Waals surface area contributed by atoms with E-state index in [4.69, 9.17) is 4.74 Å². The third-order valence-corrected chi connectivity index (χ3v) is 3.24. The number of benzene rings is 1. The molecule has 0 aromatic heterocycles. The SMILES string of the molecule is CCOc1ccc(C2(C(C)=O)CC2)cc1O. The predicted octanol–water partition coefficient (Wildman–Crippen LogP) is 2.41. The molecule has 1 aromatic rings. The zero-order valence-corrected chi connectivity index (χ0v) is 9.62. The molecule has 86 valence electrons. The van der Waals surface area contributed by atoms with Gasteiger partial charge in [-0.2, -0.15) is 0 Å². The van der Waals surface area contributed by atoms with Crippen LogP contribution in [0.2, 0.25) is 0 Å². The maximum atomic E-state index is 11.5. The van der Waals surface area contributed by atoms with E-state index in [1.807, 2.05) is 13.0 Å². The Morgan fingerprint density at radius 2 is 2.19 bits per heavy atom. The first-order chi connectivity index (χ1) is 7.60. The van der Waals surface area contributed by atoms with E-state index in [1.165, 1.54) is 0 Å². The highest BCUT2D eigenvalue weighted by Crippen LogP contribution is 2.50. The molecule has 0 spiro atoms. The number of Topliss-reactive ketones (excluding diaryl/α,β-unsaturated/α-hetero) is 1. The first-order valence-electron chi connectivity index (χ1n) is 5.57. The fraction of sp³-hybridized carbons (Fsp3) is 0.462. The minimum Gasteiger partial charge on any atom is -0.504 e. The van der Waals surface area contributed by atoms with Crippen molar-refractivity contribution in [2.45, 2.75) is 32.1 Å². The largest absolute Gasteiger partial charge is 0.504 e. The smallest absolute Gasteiger partial charge is 0.160 e. The van der Waals surface area contributed by atoms with Crippen LogP contribution in [0.5, 0.6) is 11.5 Å². The van der Waals surface area contributed by atoms with Gasteiger partial charge < -0.3 is 9.84 Å². The van der Waals surface area contributed by atoms with E-state index in [-0.39, 0.29) is 16.9 Å². The summed E-state index contributed by atoms with van der Waals surface area (Å²) in [6.45, 7) is 4.00. The van der Waals surface area contributed by atoms with Gasteiger partial charge in [0.25, 0.3) is 0 Å². The summed E-state index contributed by atoms with van der Waals surface area (Å²) in [5, 5.41) is 9.76. The zero-order valence-electron chi connectivity index (χ0n) is 9.62. The molecule has 16 heavy (non-hydrogen) atoms. The molecule has 0 heterocycles. The van der Waals surface area contributed by atoms with Gasteiger partial charge in [-0.3, -0.25) is 4.79 Å². The normalized spacial score (nSPS) is 16.9. The van der Waals surface area contributed by atoms with Crippen molar-refractivity contribution >= 4 is 5.78 Å². The summed E-state index contributed by atoms with van der Waals surface area (Å²) in [6.07, 6.45) is 1.77. The Kier molecular flexibility index (Phi) is 2.62. The number of ketones is 1. The van der Waals surface area contributed by atoms with Gasteiger partial charge in [-0.25, -0.2) is 0 Å². The van der Waals surface area contributed by atoms with Crippen molar-refractivity contribution in [3.05, 3.63) is 23.8 Å². The number of aromatic hydroxyl groups is 1. The van der Waals surface area contributed by atoms with E-state index >= 15 is 0 Å². The number of hydrogen-bond acceptors (Lipinski definition) is 3. The number of rotatable bonds is 4. The molecule has 2 rings (SSSR count). The molecule has 0 radical (unpaired) electrons. The molecule has 0 amide bonds.